The summed E-state index contributed by atoms with van der Waals surface area (Å²) in [5.41, 5.74) is 1.01. The van der Waals surface area contributed by atoms with Gasteiger partial charge in [0.25, 0.3) is 0 Å². The lowest BCUT2D eigenvalue weighted by atomic mass is 10.2. The summed E-state index contributed by atoms with van der Waals surface area (Å²) in [4.78, 5) is 13.4. The molecule has 16 heavy (non-hydrogen) atoms. The van der Waals surface area contributed by atoms with E-state index < -0.39 is 0 Å². The molecule has 0 fully saturated rings. The summed E-state index contributed by atoms with van der Waals surface area (Å²) in [6.45, 7) is 3.84. The average molecular weight is 241 g/mol. The van der Waals surface area contributed by atoms with E-state index in [1.165, 1.54) is 0 Å². The van der Waals surface area contributed by atoms with Crippen LogP contribution in [-0.4, -0.2) is 30.9 Å². The topological polar surface area (TPSA) is 32.3 Å². The minimum absolute atomic E-state index is 0.0318. The SMILES string of the molecule is CCN(C)CC(=O)NCc1cccc(Cl)c1. The molecule has 1 amide bonds. The zero-order chi connectivity index (χ0) is 12.0. The first-order valence-corrected chi connectivity index (χ1v) is 5.69. The van der Waals surface area contributed by atoms with Gasteiger partial charge in [-0.1, -0.05) is 30.7 Å². The molecule has 1 aromatic carbocycles. The van der Waals surface area contributed by atoms with Crippen LogP contribution in [0.15, 0.2) is 24.3 Å². The van der Waals surface area contributed by atoms with Gasteiger partial charge in [0.05, 0.1) is 6.54 Å². The van der Waals surface area contributed by atoms with Crippen molar-refractivity contribution in [1.82, 2.24) is 10.2 Å². The summed E-state index contributed by atoms with van der Waals surface area (Å²) in [6.07, 6.45) is 0. The molecule has 4 heteroatoms. The van der Waals surface area contributed by atoms with Gasteiger partial charge in [-0.2, -0.15) is 0 Å². The first kappa shape index (κ1) is 13.0. The molecule has 0 bridgehead atoms. The summed E-state index contributed by atoms with van der Waals surface area (Å²) in [5, 5.41) is 3.54. The number of likely N-dealkylation sites (N-methyl/N-ethyl adjacent to an activating group) is 1. The number of halogens is 1. The van der Waals surface area contributed by atoms with E-state index in [9.17, 15) is 4.79 Å². The Morgan fingerprint density at radius 3 is 2.88 bits per heavy atom. The van der Waals surface area contributed by atoms with Gasteiger partial charge < -0.3 is 5.32 Å². The van der Waals surface area contributed by atoms with Crippen molar-refractivity contribution >= 4 is 17.5 Å². The first-order chi connectivity index (χ1) is 7.61. The van der Waals surface area contributed by atoms with Crippen molar-refractivity contribution in [2.75, 3.05) is 20.1 Å². The van der Waals surface area contributed by atoms with E-state index in [4.69, 9.17) is 11.6 Å². The van der Waals surface area contributed by atoms with Gasteiger partial charge in [0.2, 0.25) is 5.91 Å². The van der Waals surface area contributed by atoms with Gasteiger partial charge >= 0.3 is 0 Å². The van der Waals surface area contributed by atoms with Crippen LogP contribution in [0, 0.1) is 0 Å². The second-order valence-electron chi connectivity index (χ2n) is 3.74. The van der Waals surface area contributed by atoms with E-state index in [1.807, 2.05) is 43.1 Å². The predicted octanol–water partition coefficient (Wildman–Crippen LogP) is 1.91. The van der Waals surface area contributed by atoms with Crippen molar-refractivity contribution < 1.29 is 4.79 Å². The standard InChI is InChI=1S/C12H17ClN2O/c1-3-15(2)9-12(16)14-8-10-5-4-6-11(13)7-10/h4-7H,3,8-9H2,1-2H3,(H,14,16). The van der Waals surface area contributed by atoms with Gasteiger partial charge in [0, 0.05) is 11.6 Å². The number of rotatable bonds is 5. The Bertz CT molecular complexity index is 355. The van der Waals surface area contributed by atoms with E-state index in [-0.39, 0.29) is 5.91 Å². The number of hydrogen-bond acceptors (Lipinski definition) is 2. The van der Waals surface area contributed by atoms with Gasteiger partial charge in [0.15, 0.2) is 0 Å². The Labute approximate surface area is 101 Å². The number of carbonyl (C=O) groups is 1. The Kier molecular flexibility index (Phi) is 5.29. The van der Waals surface area contributed by atoms with Gasteiger partial charge in [-0.05, 0) is 31.3 Å². The highest BCUT2D eigenvalue weighted by molar-refractivity contribution is 6.30. The first-order valence-electron chi connectivity index (χ1n) is 5.31. The van der Waals surface area contributed by atoms with Gasteiger partial charge in [-0.25, -0.2) is 0 Å². The van der Waals surface area contributed by atoms with Crippen LogP contribution in [0.5, 0.6) is 0 Å². The van der Waals surface area contributed by atoms with Crippen LogP contribution in [0.2, 0.25) is 5.02 Å². The maximum Gasteiger partial charge on any atom is 0.234 e. The molecule has 0 aromatic heterocycles. The third-order valence-electron chi connectivity index (χ3n) is 2.33. The second-order valence-corrected chi connectivity index (χ2v) is 4.17. The lowest BCUT2D eigenvalue weighted by molar-refractivity contribution is -0.122. The van der Waals surface area contributed by atoms with E-state index in [2.05, 4.69) is 5.32 Å². The molecule has 0 radical (unpaired) electrons. The fourth-order valence-electron chi connectivity index (χ4n) is 1.26. The Morgan fingerprint density at radius 1 is 1.50 bits per heavy atom. The van der Waals surface area contributed by atoms with E-state index in [0.717, 1.165) is 12.1 Å². The quantitative estimate of drug-likeness (QED) is 0.853. The molecular formula is C12H17ClN2O. The van der Waals surface area contributed by atoms with E-state index >= 15 is 0 Å². The van der Waals surface area contributed by atoms with Crippen molar-refractivity contribution in [3.8, 4) is 0 Å². The minimum Gasteiger partial charge on any atom is -0.351 e. The highest BCUT2D eigenvalue weighted by Crippen LogP contribution is 2.10. The molecule has 0 aliphatic heterocycles. The molecule has 0 saturated heterocycles. The summed E-state index contributed by atoms with van der Waals surface area (Å²) < 4.78 is 0. The highest BCUT2D eigenvalue weighted by atomic mass is 35.5. The fourth-order valence-corrected chi connectivity index (χ4v) is 1.47. The molecule has 0 unspecified atom stereocenters. The molecule has 1 rings (SSSR count). The van der Waals surface area contributed by atoms with Crippen molar-refractivity contribution in [3.05, 3.63) is 34.9 Å². The summed E-state index contributed by atoms with van der Waals surface area (Å²) in [6, 6.07) is 7.49. The van der Waals surface area contributed by atoms with Crippen LogP contribution in [-0.2, 0) is 11.3 Å². The lowest BCUT2D eigenvalue weighted by Gasteiger charge is -2.13. The highest BCUT2D eigenvalue weighted by Gasteiger charge is 2.04. The average Bonchev–Trinajstić information content (AvgIpc) is 2.26. The third kappa shape index (κ3) is 4.64. The smallest absolute Gasteiger partial charge is 0.234 e. The van der Waals surface area contributed by atoms with Crippen LogP contribution in [0.1, 0.15) is 12.5 Å². The number of carbonyl (C=O) groups excluding carboxylic acids is 1. The third-order valence-corrected chi connectivity index (χ3v) is 2.57. The lowest BCUT2D eigenvalue weighted by Crippen LogP contribution is -2.34. The molecular weight excluding hydrogens is 224 g/mol. The molecule has 1 aromatic rings. The van der Waals surface area contributed by atoms with E-state index in [1.54, 1.807) is 0 Å². The van der Waals surface area contributed by atoms with Crippen molar-refractivity contribution in [1.29, 1.82) is 0 Å². The van der Waals surface area contributed by atoms with Gasteiger partial charge in [0.1, 0.15) is 0 Å². The van der Waals surface area contributed by atoms with Crippen LogP contribution in [0.25, 0.3) is 0 Å². The zero-order valence-corrected chi connectivity index (χ0v) is 10.4. The molecule has 0 aliphatic carbocycles. The maximum absolute atomic E-state index is 11.5. The Balaban J connectivity index is 2.37. The van der Waals surface area contributed by atoms with Crippen LogP contribution in [0.4, 0.5) is 0 Å². The summed E-state index contributed by atoms with van der Waals surface area (Å²) >= 11 is 5.85. The molecule has 0 aliphatic rings. The van der Waals surface area contributed by atoms with Gasteiger partial charge in [-0.3, -0.25) is 9.69 Å². The number of nitrogens with one attached hydrogen (secondary N) is 1. The Hall–Kier alpha value is -1.06. The summed E-state index contributed by atoms with van der Waals surface area (Å²) in [5.74, 6) is 0.0318. The Morgan fingerprint density at radius 2 is 2.25 bits per heavy atom. The largest absolute Gasteiger partial charge is 0.351 e. The number of nitrogens with zero attached hydrogens (tertiary/aromatic N) is 1. The summed E-state index contributed by atoms with van der Waals surface area (Å²) in [7, 11) is 1.92. The van der Waals surface area contributed by atoms with Crippen LogP contribution >= 0.6 is 11.6 Å². The monoisotopic (exact) mass is 240 g/mol. The molecule has 0 saturated carbocycles. The van der Waals surface area contributed by atoms with E-state index in [0.29, 0.717) is 18.1 Å². The predicted molar refractivity (Wildman–Crippen MR) is 66.5 cm³/mol. The number of amides is 1. The maximum atomic E-state index is 11.5. The minimum atomic E-state index is 0.0318. The molecule has 0 spiro atoms. The van der Waals surface area contributed by atoms with Gasteiger partial charge in [-0.15, -0.1) is 0 Å². The molecule has 0 atom stereocenters. The van der Waals surface area contributed by atoms with Crippen molar-refractivity contribution in [2.45, 2.75) is 13.5 Å². The molecule has 88 valence electrons. The van der Waals surface area contributed by atoms with Crippen molar-refractivity contribution in [2.24, 2.45) is 0 Å². The molecule has 1 N–H and O–H groups in total. The number of benzene rings is 1. The molecule has 3 nitrogen and oxygen atoms in total. The zero-order valence-electron chi connectivity index (χ0n) is 9.66. The van der Waals surface area contributed by atoms with Crippen LogP contribution < -0.4 is 5.32 Å². The normalized spacial score (nSPS) is 10.5. The second kappa shape index (κ2) is 6.51. The number of hydrogen-bond donors (Lipinski definition) is 1. The van der Waals surface area contributed by atoms with Crippen LogP contribution in [0.3, 0.4) is 0 Å². The fraction of sp³-hybridized carbons (Fsp3) is 0.417. The molecule has 0 heterocycles. The van der Waals surface area contributed by atoms with Crippen molar-refractivity contribution in [3.63, 3.8) is 0 Å².